The second-order valence-corrected chi connectivity index (χ2v) is 6.36. The number of nitrogens with two attached hydrogens (primary N) is 1. The van der Waals surface area contributed by atoms with E-state index in [1.165, 1.54) is 12.1 Å². The predicted molar refractivity (Wildman–Crippen MR) is 76.5 cm³/mol. The van der Waals surface area contributed by atoms with Gasteiger partial charge in [0, 0.05) is 6.07 Å². The molecule has 0 heterocycles. The Morgan fingerprint density at radius 2 is 2.10 bits per heavy atom. The van der Waals surface area contributed by atoms with Gasteiger partial charge in [-0.25, -0.2) is 8.42 Å². The van der Waals surface area contributed by atoms with Gasteiger partial charge in [0.2, 0.25) is 10.0 Å². The molecule has 0 aliphatic carbocycles. The molecule has 1 aromatic rings. The normalized spacial score (nSPS) is 13.5. The molecule has 1 atom stereocenters. The van der Waals surface area contributed by atoms with Crippen molar-refractivity contribution in [2.75, 3.05) is 4.72 Å². The number of alkyl halides is 3. The molecule has 0 aliphatic rings. The maximum atomic E-state index is 12.1. The van der Waals surface area contributed by atoms with Crippen LogP contribution in [0.2, 0.25) is 0 Å². The van der Waals surface area contributed by atoms with Gasteiger partial charge in [-0.2, -0.15) is 0 Å². The largest absolute Gasteiger partial charge is 0.573 e. The molecule has 1 unspecified atom stereocenters. The number of nitrogens with one attached hydrogen (secondary N) is 1. The maximum Gasteiger partial charge on any atom is 0.573 e. The van der Waals surface area contributed by atoms with Gasteiger partial charge in [-0.1, -0.05) is 25.2 Å². The third kappa shape index (κ3) is 5.38. The minimum Gasteiger partial charge on any atom is -0.406 e. The maximum absolute atomic E-state index is 12.1. The lowest BCUT2D eigenvalue weighted by Gasteiger charge is -2.16. The Bertz CT molecular complexity index is 617. The highest BCUT2D eigenvalue weighted by atomic mass is 32.2. The smallest absolute Gasteiger partial charge is 0.406 e. The third-order valence-corrected chi connectivity index (χ3v) is 4.68. The van der Waals surface area contributed by atoms with E-state index in [0.717, 1.165) is 12.1 Å². The number of hydrogen-bond donors (Lipinski definition) is 2. The van der Waals surface area contributed by atoms with E-state index in [4.69, 9.17) is 5.73 Å². The Morgan fingerprint density at radius 3 is 2.57 bits per heavy atom. The average molecular weight is 342 g/mol. The Balaban J connectivity index is 2.98. The van der Waals surface area contributed by atoms with Crippen LogP contribution in [0, 0.1) is 0 Å². The summed E-state index contributed by atoms with van der Waals surface area (Å²) < 4.78 is 66.2. The van der Waals surface area contributed by atoms with Gasteiger partial charge >= 0.3 is 6.36 Å². The molecule has 0 radical (unpaired) electrons. The number of sulfonamides is 1. The molecule has 1 aromatic carbocycles. The Morgan fingerprint density at radius 1 is 1.48 bits per heavy atom. The van der Waals surface area contributed by atoms with Crippen molar-refractivity contribution in [2.24, 2.45) is 5.73 Å². The van der Waals surface area contributed by atoms with Gasteiger partial charge in [-0.15, -0.1) is 13.2 Å². The monoisotopic (exact) mass is 342 g/mol. The summed E-state index contributed by atoms with van der Waals surface area (Å²) in [6.07, 6.45) is -4.72. The Labute approximate surface area is 125 Å². The highest BCUT2D eigenvalue weighted by Gasteiger charge is 2.31. The molecule has 118 valence electrons. The first-order valence-electron chi connectivity index (χ1n) is 5.72. The van der Waals surface area contributed by atoms with Crippen molar-refractivity contribution in [3.05, 3.63) is 24.3 Å². The second-order valence-electron chi connectivity index (χ2n) is 4.02. The topological polar surface area (TPSA) is 81.4 Å². The van der Waals surface area contributed by atoms with Crippen LogP contribution >= 0.6 is 12.2 Å². The van der Waals surface area contributed by atoms with Crippen LogP contribution in [0.15, 0.2) is 24.3 Å². The molecule has 5 nitrogen and oxygen atoms in total. The van der Waals surface area contributed by atoms with Gasteiger partial charge in [-0.3, -0.25) is 4.72 Å². The summed E-state index contributed by atoms with van der Waals surface area (Å²) in [5, 5.41) is -1.11. The zero-order valence-corrected chi connectivity index (χ0v) is 12.5. The fourth-order valence-electron chi connectivity index (χ4n) is 1.57. The fourth-order valence-corrected chi connectivity index (χ4v) is 3.45. The summed E-state index contributed by atoms with van der Waals surface area (Å²) in [5.41, 5.74) is 5.26. The molecule has 1 rings (SSSR count). The SMILES string of the molecule is CCC(C(N)=S)S(=O)(=O)Nc1cccc(OC(F)(F)F)c1. The quantitative estimate of drug-likeness (QED) is 0.776. The number of benzene rings is 1. The van der Waals surface area contributed by atoms with Crippen molar-refractivity contribution in [3.8, 4) is 5.75 Å². The number of hydrogen-bond acceptors (Lipinski definition) is 4. The van der Waals surface area contributed by atoms with Crippen LogP contribution in [-0.2, 0) is 10.0 Å². The lowest BCUT2D eigenvalue weighted by Crippen LogP contribution is -2.37. The first kappa shape index (κ1) is 17.5. The zero-order valence-electron chi connectivity index (χ0n) is 10.8. The molecule has 0 saturated carbocycles. The number of halogens is 3. The highest BCUT2D eigenvalue weighted by Crippen LogP contribution is 2.26. The Hall–Kier alpha value is -1.55. The molecule has 21 heavy (non-hydrogen) atoms. The van der Waals surface area contributed by atoms with Gasteiger partial charge in [0.25, 0.3) is 0 Å². The molecular weight excluding hydrogens is 329 g/mol. The van der Waals surface area contributed by atoms with Crippen molar-refractivity contribution < 1.29 is 26.3 Å². The highest BCUT2D eigenvalue weighted by molar-refractivity contribution is 7.95. The van der Waals surface area contributed by atoms with Crippen LogP contribution < -0.4 is 15.2 Å². The van der Waals surface area contributed by atoms with Crippen LogP contribution in [-0.4, -0.2) is 25.0 Å². The molecule has 0 amide bonds. The van der Waals surface area contributed by atoms with Crippen molar-refractivity contribution >= 4 is 32.9 Å². The van der Waals surface area contributed by atoms with Crippen LogP contribution in [0.1, 0.15) is 13.3 Å². The predicted octanol–water partition coefficient (Wildman–Crippen LogP) is 2.39. The molecule has 0 spiro atoms. The molecule has 0 aliphatic heterocycles. The van der Waals surface area contributed by atoms with Gasteiger partial charge < -0.3 is 10.5 Å². The number of anilines is 1. The summed E-state index contributed by atoms with van der Waals surface area (Å²) >= 11 is 4.66. The lowest BCUT2D eigenvalue weighted by molar-refractivity contribution is -0.274. The first-order chi connectivity index (χ1) is 9.55. The standard InChI is InChI=1S/C11H13F3N2O3S2/c1-2-9(10(15)20)21(17,18)16-7-4-3-5-8(6-7)19-11(12,13)14/h3-6,9,16H,2H2,1H3,(H2,15,20). The number of thiocarbonyl (C=S) groups is 1. The fraction of sp³-hybridized carbons (Fsp3) is 0.364. The van der Waals surface area contributed by atoms with E-state index in [2.05, 4.69) is 21.7 Å². The van der Waals surface area contributed by atoms with Crippen molar-refractivity contribution in [1.82, 2.24) is 0 Å². The summed E-state index contributed by atoms with van der Waals surface area (Å²) in [6.45, 7) is 1.58. The average Bonchev–Trinajstić information content (AvgIpc) is 2.25. The summed E-state index contributed by atoms with van der Waals surface area (Å²) in [7, 11) is -3.94. The minimum absolute atomic E-state index is 0.0774. The van der Waals surface area contributed by atoms with E-state index >= 15 is 0 Å². The molecule has 0 bridgehead atoms. The molecule has 0 saturated heterocycles. The van der Waals surface area contributed by atoms with E-state index in [9.17, 15) is 21.6 Å². The summed E-state index contributed by atoms with van der Waals surface area (Å²) in [6, 6.07) is 4.47. The van der Waals surface area contributed by atoms with Crippen molar-refractivity contribution in [3.63, 3.8) is 0 Å². The van der Waals surface area contributed by atoms with E-state index in [1.807, 2.05) is 0 Å². The minimum atomic E-state index is -4.86. The molecule has 10 heteroatoms. The molecule has 0 fully saturated rings. The molecule has 3 N–H and O–H groups in total. The van der Waals surface area contributed by atoms with Gasteiger partial charge in [0.15, 0.2) is 0 Å². The van der Waals surface area contributed by atoms with E-state index in [-0.39, 0.29) is 17.1 Å². The zero-order chi connectivity index (χ0) is 16.3. The van der Waals surface area contributed by atoms with Crippen LogP contribution in [0.4, 0.5) is 18.9 Å². The van der Waals surface area contributed by atoms with Crippen molar-refractivity contribution in [1.29, 1.82) is 0 Å². The lowest BCUT2D eigenvalue weighted by atomic mass is 10.3. The first-order valence-corrected chi connectivity index (χ1v) is 7.67. The molecular formula is C11H13F3N2O3S2. The van der Waals surface area contributed by atoms with E-state index in [1.54, 1.807) is 6.92 Å². The van der Waals surface area contributed by atoms with Gasteiger partial charge in [-0.05, 0) is 18.6 Å². The summed E-state index contributed by atoms with van der Waals surface area (Å²) in [5.74, 6) is -0.536. The number of rotatable bonds is 6. The third-order valence-electron chi connectivity index (χ3n) is 2.39. The van der Waals surface area contributed by atoms with Crippen LogP contribution in [0.5, 0.6) is 5.75 Å². The second kappa shape index (κ2) is 6.48. The van der Waals surface area contributed by atoms with Gasteiger partial charge in [0.1, 0.15) is 11.0 Å². The van der Waals surface area contributed by atoms with Crippen LogP contribution in [0.25, 0.3) is 0 Å². The van der Waals surface area contributed by atoms with Crippen molar-refractivity contribution in [2.45, 2.75) is 25.0 Å². The van der Waals surface area contributed by atoms with Crippen LogP contribution in [0.3, 0.4) is 0 Å². The summed E-state index contributed by atoms with van der Waals surface area (Å²) in [4.78, 5) is -0.215. The van der Waals surface area contributed by atoms with E-state index in [0.29, 0.717) is 0 Å². The molecule has 0 aromatic heterocycles. The number of ether oxygens (including phenoxy) is 1. The van der Waals surface area contributed by atoms with Gasteiger partial charge in [0.05, 0.1) is 10.7 Å². The Kier molecular flexibility index (Phi) is 5.40. The van der Waals surface area contributed by atoms with E-state index < -0.39 is 27.4 Å².